The lowest BCUT2D eigenvalue weighted by molar-refractivity contribution is -0.117. The summed E-state index contributed by atoms with van der Waals surface area (Å²) < 4.78 is 0. The maximum Gasteiger partial charge on any atom is 0.253 e. The first-order valence-electron chi connectivity index (χ1n) is 6.69. The number of hydrogen-bond acceptors (Lipinski definition) is 3. The van der Waals surface area contributed by atoms with E-state index in [1.54, 1.807) is 38.4 Å². The molecule has 5 heteroatoms. The number of rotatable bonds is 5. The quantitative estimate of drug-likeness (QED) is 0.860. The normalized spacial score (nSPS) is 12.1. The minimum atomic E-state index is -0.539. The van der Waals surface area contributed by atoms with E-state index in [1.807, 2.05) is 13.8 Å². The van der Waals surface area contributed by atoms with Crippen LogP contribution in [0.3, 0.4) is 0 Å². The van der Waals surface area contributed by atoms with Crippen LogP contribution in [0.1, 0.15) is 30.6 Å². The third-order valence-electron chi connectivity index (χ3n) is 2.85. The molecule has 0 bridgehead atoms. The van der Waals surface area contributed by atoms with E-state index in [1.165, 1.54) is 4.90 Å². The van der Waals surface area contributed by atoms with E-state index in [-0.39, 0.29) is 11.8 Å². The Morgan fingerprint density at radius 3 is 2.50 bits per heavy atom. The van der Waals surface area contributed by atoms with Gasteiger partial charge in [-0.1, -0.05) is 19.9 Å². The molecule has 0 saturated carbocycles. The zero-order chi connectivity index (χ0) is 15.3. The summed E-state index contributed by atoms with van der Waals surface area (Å²) >= 11 is 0. The van der Waals surface area contributed by atoms with Crippen molar-refractivity contribution in [3.05, 3.63) is 29.8 Å². The van der Waals surface area contributed by atoms with Crippen LogP contribution < -0.4 is 11.1 Å². The molecule has 1 atom stereocenters. The molecule has 1 aromatic carbocycles. The average molecular weight is 277 g/mol. The minimum Gasteiger partial charge on any atom is -0.345 e. The Balaban J connectivity index is 2.76. The molecule has 3 N–H and O–H groups in total. The van der Waals surface area contributed by atoms with Gasteiger partial charge < -0.3 is 16.0 Å². The van der Waals surface area contributed by atoms with Gasteiger partial charge in [-0.2, -0.15) is 0 Å². The first-order valence-corrected chi connectivity index (χ1v) is 6.69. The van der Waals surface area contributed by atoms with Gasteiger partial charge in [-0.15, -0.1) is 0 Å². The molecular weight excluding hydrogens is 254 g/mol. The van der Waals surface area contributed by atoms with Crippen LogP contribution in [0.15, 0.2) is 24.3 Å². The standard InChI is InChI=1S/C15H23N3O2/c1-10(2)8-13(16)14(19)17-12-7-5-6-11(9-12)15(20)18(3)4/h5-7,9-10,13H,8,16H2,1-4H3,(H,17,19)/t13-/m0/s1. The topological polar surface area (TPSA) is 75.4 Å². The second-order valence-electron chi connectivity index (χ2n) is 5.51. The van der Waals surface area contributed by atoms with Crippen molar-refractivity contribution in [3.63, 3.8) is 0 Å². The summed E-state index contributed by atoms with van der Waals surface area (Å²) in [4.78, 5) is 25.3. The Labute approximate surface area is 120 Å². The fraction of sp³-hybridized carbons (Fsp3) is 0.467. The van der Waals surface area contributed by atoms with Crippen molar-refractivity contribution in [1.82, 2.24) is 4.90 Å². The first kappa shape index (κ1) is 16.2. The van der Waals surface area contributed by atoms with Gasteiger partial charge in [0.15, 0.2) is 0 Å². The van der Waals surface area contributed by atoms with E-state index in [2.05, 4.69) is 5.32 Å². The van der Waals surface area contributed by atoms with E-state index in [0.29, 0.717) is 23.6 Å². The van der Waals surface area contributed by atoms with Crippen molar-refractivity contribution < 1.29 is 9.59 Å². The van der Waals surface area contributed by atoms with Crippen LogP contribution in [0.2, 0.25) is 0 Å². The first-order chi connectivity index (χ1) is 9.31. The van der Waals surface area contributed by atoms with Crippen LogP contribution in [0.25, 0.3) is 0 Å². The molecule has 2 amide bonds. The van der Waals surface area contributed by atoms with Crippen molar-refractivity contribution >= 4 is 17.5 Å². The average Bonchev–Trinajstić information content (AvgIpc) is 2.37. The number of nitrogens with two attached hydrogens (primary N) is 1. The van der Waals surface area contributed by atoms with E-state index >= 15 is 0 Å². The van der Waals surface area contributed by atoms with E-state index < -0.39 is 6.04 Å². The molecule has 1 rings (SSSR count). The van der Waals surface area contributed by atoms with E-state index in [4.69, 9.17) is 5.73 Å². The maximum absolute atomic E-state index is 11.9. The minimum absolute atomic E-state index is 0.104. The lowest BCUT2D eigenvalue weighted by atomic mass is 10.0. The molecule has 110 valence electrons. The Kier molecular flexibility index (Phi) is 5.70. The monoisotopic (exact) mass is 277 g/mol. The Hall–Kier alpha value is -1.88. The SMILES string of the molecule is CC(C)C[C@H](N)C(=O)Nc1cccc(C(=O)N(C)C)c1. The molecule has 0 saturated heterocycles. The molecule has 20 heavy (non-hydrogen) atoms. The zero-order valence-electron chi connectivity index (χ0n) is 12.5. The van der Waals surface area contributed by atoms with Gasteiger partial charge in [-0.25, -0.2) is 0 Å². The zero-order valence-corrected chi connectivity index (χ0v) is 12.5. The van der Waals surface area contributed by atoms with E-state index in [9.17, 15) is 9.59 Å². The highest BCUT2D eigenvalue weighted by Crippen LogP contribution is 2.13. The van der Waals surface area contributed by atoms with Gasteiger partial charge in [0.05, 0.1) is 6.04 Å². The van der Waals surface area contributed by atoms with Gasteiger partial charge >= 0.3 is 0 Å². The summed E-state index contributed by atoms with van der Waals surface area (Å²) in [6, 6.07) is 6.31. The maximum atomic E-state index is 11.9. The Bertz CT molecular complexity index is 484. The van der Waals surface area contributed by atoms with Crippen molar-refractivity contribution in [2.45, 2.75) is 26.3 Å². The molecule has 0 radical (unpaired) electrons. The van der Waals surface area contributed by atoms with Crippen LogP contribution in [0, 0.1) is 5.92 Å². The molecule has 0 fully saturated rings. The molecule has 0 spiro atoms. The number of benzene rings is 1. The third kappa shape index (κ3) is 4.66. The van der Waals surface area contributed by atoms with E-state index in [0.717, 1.165) is 0 Å². The largest absolute Gasteiger partial charge is 0.345 e. The van der Waals surface area contributed by atoms with Crippen LogP contribution in [0.5, 0.6) is 0 Å². The third-order valence-corrected chi connectivity index (χ3v) is 2.85. The second kappa shape index (κ2) is 7.05. The molecule has 1 aromatic rings. The summed E-state index contributed by atoms with van der Waals surface area (Å²) in [6.45, 7) is 4.03. The number of anilines is 1. The molecule has 0 aromatic heterocycles. The molecule has 5 nitrogen and oxygen atoms in total. The molecular formula is C15H23N3O2. The summed E-state index contributed by atoms with van der Waals surface area (Å²) in [5.74, 6) is 0.0260. The highest BCUT2D eigenvalue weighted by Gasteiger charge is 2.16. The number of amides is 2. The van der Waals surface area contributed by atoms with Crippen LogP contribution in [0.4, 0.5) is 5.69 Å². The number of carbonyl (C=O) groups is 2. The predicted molar refractivity (Wildman–Crippen MR) is 80.5 cm³/mol. The highest BCUT2D eigenvalue weighted by atomic mass is 16.2. The van der Waals surface area contributed by atoms with Crippen molar-refractivity contribution in [1.29, 1.82) is 0 Å². The van der Waals surface area contributed by atoms with Crippen molar-refractivity contribution in [3.8, 4) is 0 Å². The van der Waals surface area contributed by atoms with Crippen molar-refractivity contribution in [2.75, 3.05) is 19.4 Å². The van der Waals surface area contributed by atoms with Crippen LogP contribution in [-0.2, 0) is 4.79 Å². The smallest absolute Gasteiger partial charge is 0.253 e. The van der Waals surface area contributed by atoms with Gasteiger partial charge in [0.2, 0.25) is 5.91 Å². The molecule has 0 aliphatic carbocycles. The fourth-order valence-corrected chi connectivity index (χ4v) is 1.84. The number of carbonyl (C=O) groups excluding carboxylic acids is 2. The van der Waals surface area contributed by atoms with Gasteiger partial charge in [-0.3, -0.25) is 9.59 Å². The fourth-order valence-electron chi connectivity index (χ4n) is 1.84. The predicted octanol–water partition coefficient (Wildman–Crippen LogP) is 1.70. The van der Waals surface area contributed by atoms with Crippen LogP contribution >= 0.6 is 0 Å². The molecule has 0 heterocycles. The summed E-state index contributed by atoms with van der Waals surface area (Å²) in [6.07, 6.45) is 0.627. The lowest BCUT2D eigenvalue weighted by Gasteiger charge is -2.15. The number of nitrogens with one attached hydrogen (secondary N) is 1. The number of hydrogen-bond donors (Lipinski definition) is 2. The van der Waals surface area contributed by atoms with Gasteiger partial charge in [0.1, 0.15) is 0 Å². The summed E-state index contributed by atoms with van der Waals surface area (Å²) in [7, 11) is 3.37. The van der Waals surface area contributed by atoms with Crippen LogP contribution in [-0.4, -0.2) is 36.9 Å². The molecule has 0 aliphatic rings. The summed E-state index contributed by atoms with van der Waals surface area (Å²) in [5, 5.41) is 2.75. The molecule has 0 unspecified atom stereocenters. The number of nitrogens with zero attached hydrogens (tertiary/aromatic N) is 1. The molecule has 0 aliphatic heterocycles. The van der Waals surface area contributed by atoms with Crippen molar-refractivity contribution in [2.24, 2.45) is 11.7 Å². The summed E-state index contributed by atoms with van der Waals surface area (Å²) in [5.41, 5.74) is 6.94. The highest BCUT2D eigenvalue weighted by molar-refractivity contribution is 5.98. The Morgan fingerprint density at radius 2 is 1.95 bits per heavy atom. The second-order valence-corrected chi connectivity index (χ2v) is 5.51. The lowest BCUT2D eigenvalue weighted by Crippen LogP contribution is -2.36. The van der Waals surface area contributed by atoms with Gasteiger partial charge in [0.25, 0.3) is 5.91 Å². The Morgan fingerprint density at radius 1 is 1.30 bits per heavy atom. The van der Waals surface area contributed by atoms with Gasteiger partial charge in [-0.05, 0) is 30.5 Å². The van der Waals surface area contributed by atoms with Gasteiger partial charge in [0, 0.05) is 25.3 Å².